The second-order valence-electron chi connectivity index (χ2n) is 7.90. The Morgan fingerprint density at radius 2 is 1.75 bits per heavy atom. The van der Waals surface area contributed by atoms with Crippen LogP contribution in [0.3, 0.4) is 0 Å². The molecule has 0 aromatic carbocycles. The number of rotatable bonds is 6. The van der Waals surface area contributed by atoms with Gasteiger partial charge in [-0.25, -0.2) is 0 Å². The molecule has 0 aliphatic heterocycles. The summed E-state index contributed by atoms with van der Waals surface area (Å²) in [4.78, 5) is 0. The van der Waals surface area contributed by atoms with Crippen LogP contribution < -0.4 is 10.9 Å². The average molecular weight is 280 g/mol. The summed E-state index contributed by atoms with van der Waals surface area (Å²) in [5.74, 6) is 4.62. The predicted molar refractivity (Wildman–Crippen MR) is 87.4 cm³/mol. The lowest BCUT2D eigenvalue weighted by molar-refractivity contribution is 0.272. The molecule has 3 atom stereocenters. The maximum Gasteiger partial charge on any atom is 0.0213 e. The Labute approximate surface area is 126 Å². The van der Waals surface area contributed by atoms with Gasteiger partial charge in [-0.2, -0.15) is 0 Å². The molecular formula is C18H36N2. The van der Waals surface area contributed by atoms with Gasteiger partial charge in [0.15, 0.2) is 0 Å². The van der Waals surface area contributed by atoms with E-state index in [0.29, 0.717) is 0 Å². The Balaban J connectivity index is 1.65. The van der Waals surface area contributed by atoms with E-state index in [4.69, 9.17) is 0 Å². The quantitative estimate of drug-likeness (QED) is 0.706. The summed E-state index contributed by atoms with van der Waals surface area (Å²) in [7, 11) is 0. The minimum atomic E-state index is 0.718. The van der Waals surface area contributed by atoms with Crippen LogP contribution in [0.1, 0.15) is 72.6 Å². The Kier molecular flexibility index (Phi) is 6.35. The molecule has 20 heavy (non-hydrogen) atoms. The summed E-state index contributed by atoms with van der Waals surface area (Å²) in [6.45, 7) is 10.7. The second-order valence-corrected chi connectivity index (χ2v) is 7.90. The molecule has 2 aliphatic carbocycles. The van der Waals surface area contributed by atoms with Crippen molar-refractivity contribution in [1.29, 1.82) is 0 Å². The van der Waals surface area contributed by atoms with Crippen LogP contribution in [0.15, 0.2) is 0 Å². The lowest BCUT2D eigenvalue weighted by Crippen LogP contribution is -2.44. The monoisotopic (exact) mass is 280 g/mol. The SMILES string of the molecule is CCC1CC(CNNC2CCC(C)CC2)CC1C(C)C. The summed E-state index contributed by atoms with van der Waals surface area (Å²) in [5, 5.41) is 0. The third-order valence-corrected chi connectivity index (χ3v) is 5.94. The van der Waals surface area contributed by atoms with Gasteiger partial charge in [-0.05, 0) is 68.1 Å². The minimum Gasteiger partial charge on any atom is -0.257 e. The van der Waals surface area contributed by atoms with E-state index in [0.717, 1.165) is 35.6 Å². The van der Waals surface area contributed by atoms with Gasteiger partial charge in [0, 0.05) is 12.6 Å². The molecule has 0 bridgehead atoms. The zero-order valence-corrected chi connectivity index (χ0v) is 14.1. The minimum absolute atomic E-state index is 0.718. The molecule has 2 rings (SSSR count). The molecule has 2 saturated carbocycles. The standard InChI is InChI=1S/C18H36N2/c1-5-16-10-15(11-18(16)13(2)3)12-19-20-17-8-6-14(4)7-9-17/h13-20H,5-12H2,1-4H3. The van der Waals surface area contributed by atoms with Crippen molar-refractivity contribution in [2.45, 2.75) is 78.7 Å². The first-order valence-electron chi connectivity index (χ1n) is 9.08. The molecule has 0 heterocycles. The van der Waals surface area contributed by atoms with E-state index >= 15 is 0 Å². The van der Waals surface area contributed by atoms with Crippen molar-refractivity contribution in [2.24, 2.45) is 29.6 Å². The molecule has 0 spiro atoms. The molecule has 2 fully saturated rings. The number of hydrogen-bond donors (Lipinski definition) is 2. The fourth-order valence-electron chi connectivity index (χ4n) is 4.48. The molecule has 0 amide bonds. The van der Waals surface area contributed by atoms with E-state index in [-0.39, 0.29) is 0 Å². The van der Waals surface area contributed by atoms with Crippen molar-refractivity contribution >= 4 is 0 Å². The molecule has 2 aliphatic rings. The zero-order valence-electron chi connectivity index (χ0n) is 14.1. The zero-order chi connectivity index (χ0) is 14.5. The van der Waals surface area contributed by atoms with E-state index in [1.165, 1.54) is 51.5 Å². The summed E-state index contributed by atoms with van der Waals surface area (Å²) in [6, 6.07) is 0.718. The van der Waals surface area contributed by atoms with Gasteiger partial charge in [0.1, 0.15) is 0 Å². The average Bonchev–Trinajstić information content (AvgIpc) is 2.84. The van der Waals surface area contributed by atoms with Crippen molar-refractivity contribution in [2.75, 3.05) is 6.54 Å². The van der Waals surface area contributed by atoms with Crippen LogP contribution in [-0.4, -0.2) is 12.6 Å². The summed E-state index contributed by atoms with van der Waals surface area (Å²) >= 11 is 0. The van der Waals surface area contributed by atoms with E-state index in [2.05, 4.69) is 38.5 Å². The summed E-state index contributed by atoms with van der Waals surface area (Å²) in [5.41, 5.74) is 7.16. The lowest BCUT2D eigenvalue weighted by Gasteiger charge is -2.27. The molecule has 118 valence electrons. The Bertz CT molecular complexity index is 269. The number of hydrazine groups is 1. The summed E-state index contributed by atoms with van der Waals surface area (Å²) in [6.07, 6.45) is 9.75. The predicted octanol–water partition coefficient (Wildman–Crippen LogP) is 4.37. The largest absolute Gasteiger partial charge is 0.257 e. The molecule has 2 nitrogen and oxygen atoms in total. The van der Waals surface area contributed by atoms with Crippen LogP contribution in [-0.2, 0) is 0 Å². The summed E-state index contributed by atoms with van der Waals surface area (Å²) < 4.78 is 0. The Morgan fingerprint density at radius 1 is 1.05 bits per heavy atom. The highest BCUT2D eigenvalue weighted by Crippen LogP contribution is 2.41. The van der Waals surface area contributed by atoms with Crippen molar-refractivity contribution in [1.82, 2.24) is 10.9 Å². The van der Waals surface area contributed by atoms with E-state index in [9.17, 15) is 0 Å². The molecule has 2 heteroatoms. The van der Waals surface area contributed by atoms with E-state index < -0.39 is 0 Å². The van der Waals surface area contributed by atoms with Gasteiger partial charge in [-0.15, -0.1) is 0 Å². The normalized spacial score (nSPS) is 38.5. The molecular weight excluding hydrogens is 244 g/mol. The first-order chi connectivity index (χ1) is 9.60. The molecule has 0 aromatic rings. The molecule has 0 aromatic heterocycles. The molecule has 0 radical (unpaired) electrons. The highest BCUT2D eigenvalue weighted by atomic mass is 15.4. The van der Waals surface area contributed by atoms with Crippen LogP contribution in [0.5, 0.6) is 0 Å². The Hall–Kier alpha value is -0.0800. The van der Waals surface area contributed by atoms with Crippen LogP contribution in [0, 0.1) is 29.6 Å². The molecule has 3 unspecified atom stereocenters. The van der Waals surface area contributed by atoms with Gasteiger partial charge >= 0.3 is 0 Å². The fourth-order valence-corrected chi connectivity index (χ4v) is 4.48. The molecule has 0 saturated heterocycles. The fraction of sp³-hybridized carbons (Fsp3) is 1.00. The smallest absolute Gasteiger partial charge is 0.0213 e. The van der Waals surface area contributed by atoms with Gasteiger partial charge < -0.3 is 0 Å². The number of nitrogens with one attached hydrogen (secondary N) is 2. The Morgan fingerprint density at radius 3 is 2.30 bits per heavy atom. The van der Waals surface area contributed by atoms with Crippen molar-refractivity contribution in [3.05, 3.63) is 0 Å². The van der Waals surface area contributed by atoms with Crippen LogP contribution >= 0.6 is 0 Å². The topological polar surface area (TPSA) is 24.1 Å². The van der Waals surface area contributed by atoms with Crippen molar-refractivity contribution in [3.63, 3.8) is 0 Å². The first-order valence-corrected chi connectivity index (χ1v) is 9.08. The number of hydrogen-bond acceptors (Lipinski definition) is 2. The van der Waals surface area contributed by atoms with Crippen LogP contribution in [0.25, 0.3) is 0 Å². The van der Waals surface area contributed by atoms with Gasteiger partial charge in [0.25, 0.3) is 0 Å². The highest BCUT2D eigenvalue weighted by Gasteiger charge is 2.34. The maximum atomic E-state index is 3.60. The third kappa shape index (κ3) is 4.46. The van der Waals surface area contributed by atoms with Gasteiger partial charge in [-0.3, -0.25) is 10.9 Å². The van der Waals surface area contributed by atoms with Crippen molar-refractivity contribution in [3.8, 4) is 0 Å². The van der Waals surface area contributed by atoms with Gasteiger partial charge in [0.05, 0.1) is 0 Å². The third-order valence-electron chi connectivity index (χ3n) is 5.94. The van der Waals surface area contributed by atoms with Gasteiger partial charge in [-0.1, -0.05) is 34.1 Å². The first kappa shape index (κ1) is 16.3. The second kappa shape index (κ2) is 7.79. The van der Waals surface area contributed by atoms with Crippen LogP contribution in [0.2, 0.25) is 0 Å². The van der Waals surface area contributed by atoms with Crippen molar-refractivity contribution < 1.29 is 0 Å². The maximum absolute atomic E-state index is 3.60. The lowest BCUT2D eigenvalue weighted by atomic mass is 9.85. The highest BCUT2D eigenvalue weighted by molar-refractivity contribution is 4.85. The van der Waals surface area contributed by atoms with Gasteiger partial charge in [0.2, 0.25) is 0 Å². The van der Waals surface area contributed by atoms with Crippen LogP contribution in [0.4, 0.5) is 0 Å². The van der Waals surface area contributed by atoms with E-state index in [1.54, 1.807) is 0 Å². The molecule has 2 N–H and O–H groups in total. The van der Waals surface area contributed by atoms with E-state index in [1.807, 2.05) is 0 Å².